The number of thiophene rings is 1. The highest BCUT2D eigenvalue weighted by atomic mass is 32.2. The van der Waals surface area contributed by atoms with Crippen LogP contribution in [0.1, 0.15) is 10.6 Å². The SMILES string of the molecule is Cc1nn(-c2ccccc2)c2c1N(CC(=O)NCc1cccs1)C(=O)CS2. The van der Waals surface area contributed by atoms with Gasteiger partial charge in [-0.25, -0.2) is 4.68 Å². The molecule has 0 fully saturated rings. The van der Waals surface area contributed by atoms with E-state index in [9.17, 15) is 9.59 Å². The highest BCUT2D eigenvalue weighted by Crippen LogP contribution is 2.39. The lowest BCUT2D eigenvalue weighted by Gasteiger charge is -2.26. The minimum absolute atomic E-state index is 0.000901. The van der Waals surface area contributed by atoms with Crippen LogP contribution in [0.15, 0.2) is 52.9 Å². The van der Waals surface area contributed by atoms with Gasteiger partial charge in [0.2, 0.25) is 11.8 Å². The lowest BCUT2D eigenvalue weighted by Crippen LogP contribution is -2.43. The minimum atomic E-state index is -0.179. The van der Waals surface area contributed by atoms with Crippen molar-refractivity contribution in [1.82, 2.24) is 15.1 Å². The summed E-state index contributed by atoms with van der Waals surface area (Å²) in [5.41, 5.74) is 2.40. The molecule has 0 bridgehead atoms. The van der Waals surface area contributed by atoms with Crippen molar-refractivity contribution >= 4 is 40.6 Å². The number of nitrogens with zero attached hydrogens (tertiary/aromatic N) is 3. The van der Waals surface area contributed by atoms with Gasteiger partial charge in [0.1, 0.15) is 11.6 Å². The molecule has 0 radical (unpaired) electrons. The van der Waals surface area contributed by atoms with Gasteiger partial charge in [-0.2, -0.15) is 5.10 Å². The van der Waals surface area contributed by atoms with Crippen molar-refractivity contribution in [2.24, 2.45) is 0 Å². The molecule has 3 aromatic rings. The highest BCUT2D eigenvalue weighted by Gasteiger charge is 2.32. The number of hydrogen-bond donors (Lipinski definition) is 1. The second kappa shape index (κ2) is 7.58. The first-order valence-corrected chi connectivity index (χ1v) is 10.4. The fourth-order valence-corrected chi connectivity index (χ4v) is 4.70. The van der Waals surface area contributed by atoms with Gasteiger partial charge in [0.15, 0.2) is 0 Å². The topological polar surface area (TPSA) is 67.2 Å². The van der Waals surface area contributed by atoms with Crippen LogP contribution >= 0.6 is 23.1 Å². The van der Waals surface area contributed by atoms with Gasteiger partial charge in [-0.1, -0.05) is 36.0 Å². The molecule has 138 valence electrons. The van der Waals surface area contributed by atoms with Gasteiger partial charge in [-0.15, -0.1) is 11.3 Å². The van der Waals surface area contributed by atoms with Crippen molar-refractivity contribution in [3.05, 3.63) is 58.4 Å². The van der Waals surface area contributed by atoms with Crippen LogP contribution in [0, 0.1) is 6.92 Å². The molecular formula is C19H18N4O2S2. The second-order valence-corrected chi connectivity index (χ2v) is 8.11. The van der Waals surface area contributed by atoms with Gasteiger partial charge < -0.3 is 5.32 Å². The quantitative estimate of drug-likeness (QED) is 0.717. The van der Waals surface area contributed by atoms with Crippen LogP contribution in [-0.2, 0) is 16.1 Å². The molecule has 2 aromatic heterocycles. The number of amides is 2. The van der Waals surface area contributed by atoms with E-state index in [1.165, 1.54) is 11.8 Å². The predicted molar refractivity (Wildman–Crippen MR) is 108 cm³/mol. The number of carbonyl (C=O) groups excluding carboxylic acids is 2. The molecule has 0 spiro atoms. The molecule has 0 saturated carbocycles. The van der Waals surface area contributed by atoms with Crippen LogP contribution in [-0.4, -0.2) is 33.9 Å². The lowest BCUT2D eigenvalue weighted by atomic mass is 10.3. The molecule has 0 unspecified atom stereocenters. The Morgan fingerprint density at radius 1 is 1.22 bits per heavy atom. The van der Waals surface area contributed by atoms with Crippen LogP contribution in [0.3, 0.4) is 0 Å². The number of carbonyl (C=O) groups is 2. The van der Waals surface area contributed by atoms with E-state index in [1.54, 1.807) is 16.2 Å². The molecule has 27 heavy (non-hydrogen) atoms. The van der Waals surface area contributed by atoms with Gasteiger partial charge in [0.05, 0.1) is 29.4 Å². The number of rotatable bonds is 5. The van der Waals surface area contributed by atoms with Crippen molar-refractivity contribution in [1.29, 1.82) is 0 Å². The Balaban J connectivity index is 1.57. The third-order valence-electron chi connectivity index (χ3n) is 4.23. The van der Waals surface area contributed by atoms with Crippen molar-refractivity contribution < 1.29 is 9.59 Å². The van der Waals surface area contributed by atoms with Gasteiger partial charge in [-0.05, 0) is 30.5 Å². The molecule has 0 aliphatic carbocycles. The van der Waals surface area contributed by atoms with Crippen LogP contribution in [0.4, 0.5) is 5.69 Å². The lowest BCUT2D eigenvalue weighted by molar-refractivity contribution is -0.123. The summed E-state index contributed by atoms with van der Waals surface area (Å²) in [6.07, 6.45) is 0. The van der Waals surface area contributed by atoms with Crippen LogP contribution < -0.4 is 10.2 Å². The molecule has 1 aliphatic rings. The number of thioether (sulfide) groups is 1. The first kappa shape index (κ1) is 17.8. The largest absolute Gasteiger partial charge is 0.350 e. The number of nitrogens with one attached hydrogen (secondary N) is 1. The van der Waals surface area contributed by atoms with E-state index in [-0.39, 0.29) is 18.4 Å². The minimum Gasteiger partial charge on any atom is -0.350 e. The Kier molecular flexibility index (Phi) is 5.00. The first-order chi connectivity index (χ1) is 13.1. The summed E-state index contributed by atoms with van der Waals surface area (Å²) in [4.78, 5) is 27.6. The third kappa shape index (κ3) is 3.63. The summed E-state index contributed by atoms with van der Waals surface area (Å²) >= 11 is 3.05. The molecule has 0 saturated heterocycles. The second-order valence-electron chi connectivity index (χ2n) is 6.11. The molecular weight excluding hydrogens is 380 g/mol. The smallest absolute Gasteiger partial charge is 0.240 e. The van der Waals surface area contributed by atoms with Crippen molar-refractivity contribution in [2.75, 3.05) is 17.2 Å². The number of anilines is 1. The molecule has 1 aromatic carbocycles. The number of para-hydroxylation sites is 1. The van der Waals surface area contributed by atoms with Crippen molar-refractivity contribution in [3.63, 3.8) is 0 Å². The molecule has 1 aliphatic heterocycles. The Morgan fingerprint density at radius 2 is 2.04 bits per heavy atom. The normalized spacial score (nSPS) is 13.5. The molecule has 6 nitrogen and oxygen atoms in total. The summed E-state index contributed by atoms with van der Waals surface area (Å²) in [6, 6.07) is 13.7. The summed E-state index contributed by atoms with van der Waals surface area (Å²) < 4.78 is 1.85. The maximum atomic E-state index is 12.5. The van der Waals surface area contributed by atoms with Crippen LogP contribution in [0.25, 0.3) is 5.69 Å². The van der Waals surface area contributed by atoms with E-state index >= 15 is 0 Å². The third-order valence-corrected chi connectivity index (χ3v) is 6.14. The van der Waals surface area contributed by atoms with Gasteiger partial charge in [0, 0.05) is 4.88 Å². The molecule has 8 heteroatoms. The predicted octanol–water partition coefficient (Wildman–Crippen LogP) is 3.00. The van der Waals surface area contributed by atoms with E-state index in [1.807, 2.05) is 59.5 Å². The maximum Gasteiger partial charge on any atom is 0.240 e. The Labute approximate surface area is 165 Å². The number of hydrogen-bond acceptors (Lipinski definition) is 5. The molecule has 0 atom stereocenters. The van der Waals surface area contributed by atoms with E-state index < -0.39 is 0 Å². The summed E-state index contributed by atoms with van der Waals surface area (Å²) in [7, 11) is 0. The molecule has 1 N–H and O–H groups in total. The number of fused-ring (bicyclic) bond motifs is 1. The van der Waals surface area contributed by atoms with E-state index in [2.05, 4.69) is 10.4 Å². The average molecular weight is 399 g/mol. The van der Waals surface area contributed by atoms with E-state index in [0.717, 1.165) is 27.0 Å². The fraction of sp³-hybridized carbons (Fsp3) is 0.211. The van der Waals surface area contributed by atoms with Crippen molar-refractivity contribution in [2.45, 2.75) is 18.5 Å². The molecule has 4 rings (SSSR count). The van der Waals surface area contributed by atoms with Crippen LogP contribution in [0.5, 0.6) is 0 Å². The summed E-state index contributed by atoms with van der Waals surface area (Å²) in [5.74, 6) is 0.0411. The van der Waals surface area contributed by atoms with E-state index in [4.69, 9.17) is 0 Å². The number of aromatic nitrogens is 2. The van der Waals surface area contributed by atoms with Gasteiger partial charge >= 0.3 is 0 Å². The zero-order valence-electron chi connectivity index (χ0n) is 14.7. The Hall–Kier alpha value is -2.58. The molecule has 2 amide bonds. The van der Waals surface area contributed by atoms with Gasteiger partial charge in [0.25, 0.3) is 0 Å². The first-order valence-electron chi connectivity index (χ1n) is 8.51. The van der Waals surface area contributed by atoms with Gasteiger partial charge in [-0.3, -0.25) is 14.5 Å². The van der Waals surface area contributed by atoms with Crippen molar-refractivity contribution in [3.8, 4) is 5.69 Å². The van der Waals surface area contributed by atoms with E-state index in [0.29, 0.717) is 12.3 Å². The highest BCUT2D eigenvalue weighted by molar-refractivity contribution is 8.00. The molecule has 3 heterocycles. The standard InChI is InChI=1S/C19H18N4O2S2/c1-13-18-19(23(21-13)14-6-3-2-4-7-14)27-12-17(25)22(18)11-16(24)20-10-15-8-5-9-26-15/h2-9H,10-12H2,1H3,(H,20,24). The summed E-state index contributed by atoms with van der Waals surface area (Å²) in [5, 5.41) is 10.4. The zero-order valence-corrected chi connectivity index (χ0v) is 16.3. The maximum absolute atomic E-state index is 12.5. The average Bonchev–Trinajstić information content (AvgIpc) is 3.31. The fourth-order valence-electron chi connectivity index (χ4n) is 2.98. The summed E-state index contributed by atoms with van der Waals surface area (Å²) in [6.45, 7) is 2.34. The monoisotopic (exact) mass is 398 g/mol. The Morgan fingerprint density at radius 3 is 2.78 bits per heavy atom. The zero-order chi connectivity index (χ0) is 18.8. The Bertz CT molecular complexity index is 967. The number of aryl methyl sites for hydroxylation is 1. The van der Waals surface area contributed by atoms with Crippen LogP contribution in [0.2, 0.25) is 0 Å². The number of benzene rings is 1.